The molecule has 1 heterocycles. The lowest BCUT2D eigenvalue weighted by Crippen LogP contribution is -1.91. The number of halogens is 2. The van der Waals surface area contributed by atoms with Crippen LogP contribution < -0.4 is 5.73 Å². The molecule has 16 heavy (non-hydrogen) atoms. The quantitative estimate of drug-likeness (QED) is 0.609. The van der Waals surface area contributed by atoms with Crippen molar-refractivity contribution < 1.29 is 4.39 Å². The van der Waals surface area contributed by atoms with Gasteiger partial charge in [-0.1, -0.05) is 11.6 Å². The lowest BCUT2D eigenvalue weighted by atomic mass is 10.0. The Kier molecular flexibility index (Phi) is 2.79. The normalized spacial score (nSPS) is 10.4. The summed E-state index contributed by atoms with van der Waals surface area (Å²) in [6.07, 6.45) is 0. The summed E-state index contributed by atoms with van der Waals surface area (Å²) in [6.45, 7) is 1.81. The molecule has 0 aliphatic carbocycles. The molecule has 2 N–H and O–H groups in total. The Balaban J connectivity index is 2.62. The third-order valence-corrected chi connectivity index (χ3v) is 2.42. The van der Waals surface area contributed by atoms with E-state index >= 15 is 0 Å². The third kappa shape index (κ3) is 2.14. The number of nitrogens with two attached hydrogens (primary N) is 1. The van der Waals surface area contributed by atoms with Gasteiger partial charge in [0.1, 0.15) is 11.0 Å². The Morgan fingerprint density at radius 1 is 1.25 bits per heavy atom. The van der Waals surface area contributed by atoms with E-state index in [0.717, 1.165) is 5.69 Å². The smallest absolute Gasteiger partial charge is 0.131 e. The zero-order valence-corrected chi connectivity index (χ0v) is 9.42. The van der Waals surface area contributed by atoms with Crippen LogP contribution in [0.5, 0.6) is 0 Å². The zero-order chi connectivity index (χ0) is 11.7. The van der Waals surface area contributed by atoms with E-state index in [1.165, 1.54) is 12.1 Å². The minimum atomic E-state index is -0.323. The van der Waals surface area contributed by atoms with Crippen LogP contribution in [-0.4, -0.2) is 4.98 Å². The molecule has 0 unspecified atom stereocenters. The average Bonchev–Trinajstić information content (AvgIpc) is 2.20. The molecule has 0 saturated carbocycles. The molecule has 0 radical (unpaired) electrons. The van der Waals surface area contributed by atoms with Gasteiger partial charge in [-0.2, -0.15) is 0 Å². The van der Waals surface area contributed by atoms with Crippen molar-refractivity contribution >= 4 is 17.3 Å². The van der Waals surface area contributed by atoms with Gasteiger partial charge in [0.2, 0.25) is 0 Å². The maximum absolute atomic E-state index is 13.6. The van der Waals surface area contributed by atoms with E-state index in [9.17, 15) is 4.39 Å². The molecular formula is C12H10ClFN2. The molecule has 1 aromatic carbocycles. The molecule has 0 aliphatic rings. The second kappa shape index (κ2) is 4.10. The van der Waals surface area contributed by atoms with Gasteiger partial charge < -0.3 is 5.73 Å². The number of anilines is 1. The maximum atomic E-state index is 13.6. The van der Waals surface area contributed by atoms with Crippen molar-refractivity contribution in [1.82, 2.24) is 4.98 Å². The van der Waals surface area contributed by atoms with Gasteiger partial charge >= 0.3 is 0 Å². The van der Waals surface area contributed by atoms with Crippen molar-refractivity contribution in [2.24, 2.45) is 0 Å². The molecule has 0 spiro atoms. The first-order valence-electron chi connectivity index (χ1n) is 4.76. The molecule has 0 bridgehead atoms. The fourth-order valence-corrected chi connectivity index (χ4v) is 1.80. The van der Waals surface area contributed by atoms with E-state index in [1.54, 1.807) is 25.1 Å². The van der Waals surface area contributed by atoms with Gasteiger partial charge in [0.25, 0.3) is 0 Å². The molecule has 4 heteroatoms. The van der Waals surface area contributed by atoms with Crippen molar-refractivity contribution in [1.29, 1.82) is 0 Å². The highest BCUT2D eigenvalue weighted by Crippen LogP contribution is 2.27. The number of aryl methyl sites for hydroxylation is 1. The molecule has 0 saturated heterocycles. The van der Waals surface area contributed by atoms with Crippen molar-refractivity contribution in [3.8, 4) is 11.1 Å². The summed E-state index contributed by atoms with van der Waals surface area (Å²) in [4.78, 5) is 4.02. The number of hydrogen-bond acceptors (Lipinski definition) is 2. The van der Waals surface area contributed by atoms with Gasteiger partial charge in [0.15, 0.2) is 0 Å². The van der Waals surface area contributed by atoms with Crippen LogP contribution >= 0.6 is 11.6 Å². The monoisotopic (exact) mass is 236 g/mol. The highest BCUT2D eigenvalue weighted by atomic mass is 35.5. The predicted molar refractivity (Wildman–Crippen MR) is 63.8 cm³/mol. The zero-order valence-electron chi connectivity index (χ0n) is 8.67. The Labute approximate surface area is 97.9 Å². The van der Waals surface area contributed by atoms with E-state index in [1.807, 2.05) is 0 Å². The van der Waals surface area contributed by atoms with Gasteiger partial charge in [-0.15, -0.1) is 0 Å². The van der Waals surface area contributed by atoms with Crippen molar-refractivity contribution in [2.75, 3.05) is 5.73 Å². The van der Waals surface area contributed by atoms with Gasteiger partial charge in [-0.3, -0.25) is 0 Å². The topological polar surface area (TPSA) is 38.9 Å². The van der Waals surface area contributed by atoms with Crippen LogP contribution in [0.4, 0.5) is 10.1 Å². The first kappa shape index (κ1) is 10.9. The van der Waals surface area contributed by atoms with Gasteiger partial charge in [-0.25, -0.2) is 9.37 Å². The molecule has 0 atom stereocenters. The van der Waals surface area contributed by atoms with E-state index in [0.29, 0.717) is 22.0 Å². The summed E-state index contributed by atoms with van der Waals surface area (Å²) >= 11 is 5.83. The summed E-state index contributed by atoms with van der Waals surface area (Å²) in [5, 5.41) is 0.344. The summed E-state index contributed by atoms with van der Waals surface area (Å²) < 4.78 is 13.6. The molecule has 1 aromatic heterocycles. The maximum Gasteiger partial charge on any atom is 0.131 e. The summed E-state index contributed by atoms with van der Waals surface area (Å²) in [5.41, 5.74) is 8.00. The van der Waals surface area contributed by atoms with Gasteiger partial charge in [0, 0.05) is 16.9 Å². The van der Waals surface area contributed by atoms with E-state index in [-0.39, 0.29) is 5.82 Å². The summed E-state index contributed by atoms with van der Waals surface area (Å²) in [7, 11) is 0. The number of pyridine rings is 1. The minimum absolute atomic E-state index is 0.323. The van der Waals surface area contributed by atoms with Crippen LogP contribution in [0.2, 0.25) is 5.15 Å². The van der Waals surface area contributed by atoms with Crippen LogP contribution in [0.15, 0.2) is 30.3 Å². The fourth-order valence-electron chi connectivity index (χ4n) is 1.55. The summed E-state index contributed by atoms with van der Waals surface area (Å²) in [6, 6.07) is 7.83. The van der Waals surface area contributed by atoms with Gasteiger partial charge in [-0.05, 0) is 42.8 Å². The highest BCUT2D eigenvalue weighted by Gasteiger charge is 2.07. The number of benzene rings is 1. The Morgan fingerprint density at radius 3 is 2.69 bits per heavy atom. The Hall–Kier alpha value is -1.61. The fraction of sp³-hybridized carbons (Fsp3) is 0.0833. The highest BCUT2D eigenvalue weighted by molar-refractivity contribution is 6.29. The van der Waals surface area contributed by atoms with Crippen molar-refractivity contribution in [2.45, 2.75) is 6.92 Å². The Bertz CT molecular complexity index is 520. The lowest BCUT2D eigenvalue weighted by Gasteiger charge is -2.06. The molecule has 0 amide bonds. The first-order chi connectivity index (χ1) is 7.56. The van der Waals surface area contributed by atoms with E-state index < -0.39 is 0 Å². The number of hydrogen-bond donors (Lipinski definition) is 1. The van der Waals surface area contributed by atoms with E-state index in [2.05, 4.69) is 4.98 Å². The molecule has 2 aromatic rings. The van der Waals surface area contributed by atoms with Crippen LogP contribution in [0.25, 0.3) is 11.1 Å². The number of aromatic nitrogens is 1. The molecule has 0 fully saturated rings. The van der Waals surface area contributed by atoms with Crippen LogP contribution in [-0.2, 0) is 0 Å². The molecule has 2 nitrogen and oxygen atoms in total. The molecule has 2 rings (SSSR count). The van der Waals surface area contributed by atoms with Crippen LogP contribution in [0.1, 0.15) is 5.69 Å². The van der Waals surface area contributed by atoms with Crippen LogP contribution in [0.3, 0.4) is 0 Å². The van der Waals surface area contributed by atoms with E-state index in [4.69, 9.17) is 17.3 Å². The second-order valence-corrected chi connectivity index (χ2v) is 3.95. The van der Waals surface area contributed by atoms with Crippen molar-refractivity contribution in [3.05, 3.63) is 47.0 Å². The predicted octanol–water partition coefficient (Wildman–Crippen LogP) is 3.43. The molecular weight excluding hydrogens is 227 g/mol. The third-order valence-electron chi connectivity index (χ3n) is 2.22. The molecule has 0 aliphatic heterocycles. The minimum Gasteiger partial charge on any atom is -0.399 e. The second-order valence-electron chi connectivity index (χ2n) is 3.56. The number of rotatable bonds is 1. The van der Waals surface area contributed by atoms with Gasteiger partial charge in [0.05, 0.1) is 0 Å². The number of nitrogens with zero attached hydrogens (tertiary/aromatic N) is 1. The van der Waals surface area contributed by atoms with Crippen molar-refractivity contribution in [3.63, 3.8) is 0 Å². The standard InChI is InChI=1S/C12H10ClFN2/c1-7-4-8(5-12(13)16-7)10-6-9(15)2-3-11(10)14/h2-6H,15H2,1H3. The Morgan fingerprint density at radius 2 is 2.00 bits per heavy atom. The summed E-state index contributed by atoms with van der Waals surface area (Å²) in [5.74, 6) is -0.323. The lowest BCUT2D eigenvalue weighted by molar-refractivity contribution is 0.631. The SMILES string of the molecule is Cc1cc(-c2cc(N)ccc2F)cc(Cl)n1. The largest absolute Gasteiger partial charge is 0.399 e. The number of nitrogen functional groups attached to an aromatic ring is 1. The molecule has 82 valence electrons. The van der Waals surface area contributed by atoms with Crippen LogP contribution in [0, 0.1) is 12.7 Å². The first-order valence-corrected chi connectivity index (χ1v) is 5.13. The average molecular weight is 237 g/mol.